The number of para-hydroxylation sites is 1. The summed E-state index contributed by atoms with van der Waals surface area (Å²) in [5, 5.41) is 13.7. The predicted octanol–water partition coefficient (Wildman–Crippen LogP) is 4.42. The highest BCUT2D eigenvalue weighted by molar-refractivity contribution is 5.97. The average Bonchev–Trinajstić information content (AvgIpc) is 3.07. The molecule has 0 aliphatic carbocycles. The third kappa shape index (κ3) is 5.11. The lowest BCUT2D eigenvalue weighted by Crippen LogP contribution is -2.58. The summed E-state index contributed by atoms with van der Waals surface area (Å²) in [6, 6.07) is 18.5. The third-order valence-electron chi connectivity index (χ3n) is 6.91. The number of aliphatic carboxylic acids is 1. The second-order valence-corrected chi connectivity index (χ2v) is 9.63. The molecule has 1 amide bonds. The van der Waals surface area contributed by atoms with Gasteiger partial charge in [0.2, 0.25) is 12.0 Å². The molecule has 0 radical (unpaired) electrons. The van der Waals surface area contributed by atoms with E-state index in [1.165, 1.54) is 4.90 Å². The molecule has 2 atom stereocenters. The van der Waals surface area contributed by atoms with Crippen molar-refractivity contribution in [2.45, 2.75) is 32.0 Å². The molecule has 1 aliphatic heterocycles. The van der Waals surface area contributed by atoms with Gasteiger partial charge in [-0.1, -0.05) is 54.6 Å². The molecule has 11 heteroatoms. The normalized spacial score (nSPS) is 17.5. The number of anilines is 1. The minimum atomic E-state index is -1.69. The van der Waals surface area contributed by atoms with Gasteiger partial charge in [-0.05, 0) is 37.6 Å². The molecule has 2 N–H and O–H groups in total. The van der Waals surface area contributed by atoms with Crippen LogP contribution < -0.4 is 15.0 Å². The number of halogens is 3. The smallest absolute Gasteiger partial charge is 0.347 e. The number of aryl methyl sites for hydroxylation is 2. The Hall–Kier alpha value is -4.77. The highest BCUT2D eigenvalue weighted by Gasteiger charge is 2.52. The Labute approximate surface area is 233 Å². The standard InChI is InChI=1S/C30H25F3N4O4/c1-17-14-18(2)36-29(35-17)41-27(28(39)40)30(20-8-4-3-5-9-20)21-10-6-7-11-23(21)37(24(38)15-34-30)16-19-12-13-22(31)26(33)25(19)32/h3-14,27,34H,15-16H2,1-2H3,(H,39,40)/t27-,30+/m1/s1. The Morgan fingerprint density at radius 2 is 1.66 bits per heavy atom. The number of rotatable bonds is 7. The monoisotopic (exact) mass is 562 g/mol. The quantitative estimate of drug-likeness (QED) is 0.321. The Balaban J connectivity index is 1.72. The number of hydrogen-bond acceptors (Lipinski definition) is 6. The van der Waals surface area contributed by atoms with Crippen LogP contribution in [0.4, 0.5) is 18.9 Å². The van der Waals surface area contributed by atoms with E-state index in [1.807, 2.05) is 0 Å². The number of aromatic nitrogens is 2. The molecule has 1 aromatic heterocycles. The number of fused-ring (bicyclic) bond motifs is 1. The van der Waals surface area contributed by atoms with E-state index in [4.69, 9.17) is 4.74 Å². The van der Waals surface area contributed by atoms with E-state index >= 15 is 0 Å². The van der Waals surface area contributed by atoms with Crippen LogP contribution in [0.1, 0.15) is 28.1 Å². The van der Waals surface area contributed by atoms with E-state index in [-0.39, 0.29) is 17.3 Å². The SMILES string of the molecule is Cc1cc(C)nc(O[C@H](C(=O)O)[C@@]2(c3ccccc3)NCC(=O)N(Cc3ccc(F)c(F)c3F)c3ccccc32)n1. The van der Waals surface area contributed by atoms with E-state index in [2.05, 4.69) is 15.3 Å². The number of amides is 1. The molecule has 0 bridgehead atoms. The number of benzene rings is 3. The van der Waals surface area contributed by atoms with Crippen molar-refractivity contribution in [3.8, 4) is 6.01 Å². The molecule has 3 aromatic carbocycles. The van der Waals surface area contributed by atoms with Crippen molar-refractivity contribution in [1.29, 1.82) is 0 Å². The van der Waals surface area contributed by atoms with Crippen LogP contribution in [0.15, 0.2) is 72.8 Å². The molecule has 5 rings (SSSR count). The van der Waals surface area contributed by atoms with Crippen molar-refractivity contribution in [2.75, 3.05) is 11.4 Å². The fraction of sp³-hybridized carbons (Fsp3) is 0.200. The minimum Gasteiger partial charge on any atom is -0.478 e. The van der Waals surface area contributed by atoms with E-state index in [9.17, 15) is 27.9 Å². The van der Waals surface area contributed by atoms with Gasteiger partial charge >= 0.3 is 12.0 Å². The molecule has 0 fully saturated rings. The zero-order valence-electron chi connectivity index (χ0n) is 22.1. The highest BCUT2D eigenvalue weighted by atomic mass is 19.2. The maximum atomic E-state index is 14.7. The van der Waals surface area contributed by atoms with Crippen LogP contribution in [0, 0.1) is 31.3 Å². The molecule has 0 saturated heterocycles. The number of carboxylic acid groups (broad SMARTS) is 1. The zero-order valence-corrected chi connectivity index (χ0v) is 22.1. The topological polar surface area (TPSA) is 105 Å². The van der Waals surface area contributed by atoms with Gasteiger partial charge in [0.05, 0.1) is 13.1 Å². The second kappa shape index (κ2) is 11.0. The molecule has 41 heavy (non-hydrogen) atoms. The summed E-state index contributed by atoms with van der Waals surface area (Å²) in [4.78, 5) is 36.3. The lowest BCUT2D eigenvalue weighted by molar-refractivity contribution is -0.149. The van der Waals surface area contributed by atoms with Crippen LogP contribution >= 0.6 is 0 Å². The predicted molar refractivity (Wildman–Crippen MR) is 143 cm³/mol. The van der Waals surface area contributed by atoms with Crippen molar-refractivity contribution >= 4 is 17.6 Å². The van der Waals surface area contributed by atoms with Gasteiger partial charge in [-0.3, -0.25) is 10.1 Å². The van der Waals surface area contributed by atoms with Crippen LogP contribution in [0.5, 0.6) is 6.01 Å². The van der Waals surface area contributed by atoms with E-state index in [0.717, 1.165) is 12.1 Å². The van der Waals surface area contributed by atoms with Crippen LogP contribution in [-0.2, 0) is 21.7 Å². The molecule has 2 heterocycles. The van der Waals surface area contributed by atoms with Crippen LogP contribution in [-0.4, -0.2) is 39.6 Å². The number of hydrogen-bond donors (Lipinski definition) is 2. The zero-order chi connectivity index (χ0) is 29.3. The van der Waals surface area contributed by atoms with Crippen molar-refractivity contribution < 1.29 is 32.6 Å². The van der Waals surface area contributed by atoms with E-state index in [1.54, 1.807) is 74.5 Å². The highest BCUT2D eigenvalue weighted by Crippen LogP contribution is 2.42. The lowest BCUT2D eigenvalue weighted by Gasteiger charge is -2.39. The third-order valence-corrected chi connectivity index (χ3v) is 6.91. The summed E-state index contributed by atoms with van der Waals surface area (Å²) >= 11 is 0. The van der Waals surface area contributed by atoms with Crippen LogP contribution in [0.3, 0.4) is 0 Å². The first-order valence-electron chi connectivity index (χ1n) is 12.7. The summed E-state index contributed by atoms with van der Waals surface area (Å²) in [6.45, 7) is 2.59. The summed E-state index contributed by atoms with van der Waals surface area (Å²) in [5.74, 6) is -6.35. The van der Waals surface area contributed by atoms with Crippen LogP contribution in [0.25, 0.3) is 0 Å². The van der Waals surface area contributed by atoms with Gasteiger partial charge in [0.1, 0.15) is 5.54 Å². The van der Waals surface area contributed by atoms with E-state index in [0.29, 0.717) is 22.5 Å². The van der Waals surface area contributed by atoms with Crippen molar-refractivity contribution in [3.63, 3.8) is 0 Å². The summed E-state index contributed by atoms with van der Waals surface area (Å²) in [5.41, 5.74) is 0.196. The molecular formula is C30H25F3N4O4. The van der Waals surface area contributed by atoms with Crippen LogP contribution in [0.2, 0.25) is 0 Å². The number of carbonyl (C=O) groups excluding carboxylic acids is 1. The molecule has 0 unspecified atom stereocenters. The Morgan fingerprint density at radius 3 is 2.34 bits per heavy atom. The molecule has 0 spiro atoms. The molecule has 4 aromatic rings. The average molecular weight is 563 g/mol. The van der Waals surface area contributed by atoms with Crippen molar-refractivity contribution in [1.82, 2.24) is 15.3 Å². The largest absolute Gasteiger partial charge is 0.478 e. The fourth-order valence-corrected chi connectivity index (χ4v) is 5.13. The lowest BCUT2D eigenvalue weighted by atomic mass is 9.77. The maximum absolute atomic E-state index is 14.7. The summed E-state index contributed by atoms with van der Waals surface area (Å²) in [7, 11) is 0. The summed E-state index contributed by atoms with van der Waals surface area (Å²) in [6.07, 6.45) is -1.69. The van der Waals surface area contributed by atoms with Gasteiger partial charge in [0.15, 0.2) is 17.5 Å². The number of ether oxygens (including phenoxy) is 1. The first kappa shape index (κ1) is 27.8. The first-order chi connectivity index (χ1) is 19.6. The molecular weight excluding hydrogens is 537 g/mol. The Morgan fingerprint density at radius 1 is 1.00 bits per heavy atom. The Bertz CT molecular complexity index is 1620. The number of nitrogens with one attached hydrogen (secondary N) is 1. The number of nitrogens with zero attached hydrogens (tertiary/aromatic N) is 3. The van der Waals surface area contributed by atoms with Gasteiger partial charge in [-0.15, -0.1) is 0 Å². The molecule has 0 saturated carbocycles. The maximum Gasteiger partial charge on any atom is 0.347 e. The van der Waals surface area contributed by atoms with Crippen molar-refractivity contribution in [2.24, 2.45) is 0 Å². The minimum absolute atomic E-state index is 0.166. The second-order valence-electron chi connectivity index (χ2n) is 9.63. The summed E-state index contributed by atoms with van der Waals surface area (Å²) < 4.78 is 48.4. The fourth-order valence-electron chi connectivity index (χ4n) is 5.13. The van der Waals surface area contributed by atoms with Gasteiger partial charge in [-0.2, -0.15) is 0 Å². The van der Waals surface area contributed by atoms with E-state index < -0.39 is 54.1 Å². The van der Waals surface area contributed by atoms with Crippen molar-refractivity contribution in [3.05, 3.63) is 118 Å². The van der Waals surface area contributed by atoms with Gasteiger partial charge < -0.3 is 14.7 Å². The number of carboxylic acids is 1. The molecule has 210 valence electrons. The Kier molecular flexibility index (Phi) is 7.46. The first-order valence-corrected chi connectivity index (χ1v) is 12.7. The number of carbonyl (C=O) groups is 2. The van der Waals surface area contributed by atoms with Gasteiger partial charge in [-0.25, -0.2) is 27.9 Å². The van der Waals surface area contributed by atoms with Gasteiger partial charge in [0.25, 0.3) is 0 Å². The molecule has 1 aliphatic rings. The molecule has 8 nitrogen and oxygen atoms in total. The van der Waals surface area contributed by atoms with Gasteiger partial charge in [0, 0.05) is 28.2 Å².